The molecule has 2 N–H and O–H groups in total. The van der Waals surface area contributed by atoms with E-state index in [0.717, 1.165) is 9.78 Å². The number of thiophene rings is 1. The first-order valence-corrected chi connectivity index (χ1v) is 8.71. The zero-order chi connectivity index (χ0) is 17.8. The lowest BCUT2D eigenvalue weighted by Crippen LogP contribution is -2.36. The van der Waals surface area contributed by atoms with Crippen molar-refractivity contribution in [1.29, 1.82) is 0 Å². The van der Waals surface area contributed by atoms with Gasteiger partial charge in [-0.3, -0.25) is 14.5 Å². The summed E-state index contributed by atoms with van der Waals surface area (Å²) in [5, 5.41) is 10.8. The molecule has 10 heteroatoms. The monoisotopic (exact) mass is 363 g/mol. The normalized spacial score (nSPS) is 17.0. The van der Waals surface area contributed by atoms with Gasteiger partial charge in [0, 0.05) is 6.54 Å². The highest BCUT2D eigenvalue weighted by Gasteiger charge is 2.38. The molecule has 3 rings (SSSR count). The predicted octanol–water partition coefficient (Wildman–Crippen LogP) is 1.13. The summed E-state index contributed by atoms with van der Waals surface area (Å²) in [6.45, 7) is 2.30. The van der Waals surface area contributed by atoms with E-state index < -0.39 is 12.1 Å². The molecule has 1 saturated heterocycles. The second-order valence-corrected chi connectivity index (χ2v) is 6.41. The van der Waals surface area contributed by atoms with E-state index in [1.807, 2.05) is 24.4 Å². The molecule has 0 spiro atoms. The van der Waals surface area contributed by atoms with Gasteiger partial charge in [-0.05, 0) is 17.9 Å². The first-order valence-electron chi connectivity index (χ1n) is 7.83. The van der Waals surface area contributed by atoms with Crippen molar-refractivity contribution in [2.24, 2.45) is 0 Å². The second-order valence-electron chi connectivity index (χ2n) is 5.47. The molecular weight excluding hydrogens is 346 g/mol. The third-order valence-electron chi connectivity index (χ3n) is 3.59. The van der Waals surface area contributed by atoms with Crippen molar-refractivity contribution in [2.75, 3.05) is 6.54 Å². The Bertz CT molecular complexity index is 773. The summed E-state index contributed by atoms with van der Waals surface area (Å²) in [4.78, 5) is 41.9. The Kier molecular flexibility index (Phi) is 5.08. The van der Waals surface area contributed by atoms with E-state index in [1.165, 1.54) is 11.3 Å². The number of hydrogen-bond donors (Lipinski definition) is 2. The van der Waals surface area contributed by atoms with Crippen molar-refractivity contribution >= 4 is 29.2 Å². The van der Waals surface area contributed by atoms with Gasteiger partial charge >= 0.3 is 6.03 Å². The number of imide groups is 1. The molecule has 9 nitrogen and oxygen atoms in total. The van der Waals surface area contributed by atoms with Crippen LogP contribution in [0, 0.1) is 0 Å². The van der Waals surface area contributed by atoms with Gasteiger partial charge in [0.15, 0.2) is 5.82 Å². The molecule has 25 heavy (non-hydrogen) atoms. The molecule has 0 saturated carbocycles. The van der Waals surface area contributed by atoms with Crippen LogP contribution in [0.15, 0.2) is 22.0 Å². The smallest absolute Gasteiger partial charge is 0.324 e. The van der Waals surface area contributed by atoms with Gasteiger partial charge in [0.25, 0.3) is 11.8 Å². The fourth-order valence-electron chi connectivity index (χ4n) is 2.41. The average molecular weight is 363 g/mol. The molecule has 2 aromatic heterocycles. The van der Waals surface area contributed by atoms with Gasteiger partial charge in [0.1, 0.15) is 6.04 Å². The summed E-state index contributed by atoms with van der Waals surface area (Å²) in [5.41, 5.74) is 0. The number of nitrogens with one attached hydrogen (secondary N) is 2. The minimum absolute atomic E-state index is 0.0846. The second kappa shape index (κ2) is 7.43. The molecule has 1 aliphatic rings. The van der Waals surface area contributed by atoms with E-state index in [1.54, 1.807) is 0 Å². The van der Waals surface area contributed by atoms with Gasteiger partial charge in [-0.25, -0.2) is 4.79 Å². The predicted molar refractivity (Wildman–Crippen MR) is 88.4 cm³/mol. The molecule has 1 fully saturated rings. The number of rotatable bonds is 7. The molecule has 1 aliphatic heterocycles. The lowest BCUT2D eigenvalue weighted by Gasteiger charge is -2.11. The molecule has 0 aliphatic carbocycles. The van der Waals surface area contributed by atoms with Crippen LogP contribution in [0.1, 0.15) is 25.6 Å². The molecule has 1 atom stereocenters. The zero-order valence-electron chi connectivity index (χ0n) is 13.5. The largest absolute Gasteiger partial charge is 0.349 e. The van der Waals surface area contributed by atoms with Crippen LogP contribution >= 0.6 is 11.3 Å². The van der Waals surface area contributed by atoms with Crippen molar-refractivity contribution < 1.29 is 18.9 Å². The molecule has 0 radical (unpaired) electrons. The molecule has 1 unspecified atom stereocenters. The SMILES string of the molecule is CCCN1C(=O)NC(CC(=O)NCc2noc(-c3cccs3)n2)C1=O. The number of amides is 4. The molecule has 4 amide bonds. The van der Waals surface area contributed by atoms with Crippen LogP contribution in [0.3, 0.4) is 0 Å². The number of carbonyl (C=O) groups excluding carboxylic acids is 3. The minimum Gasteiger partial charge on any atom is -0.349 e. The Balaban J connectivity index is 1.50. The van der Waals surface area contributed by atoms with E-state index in [4.69, 9.17) is 4.52 Å². The third-order valence-corrected chi connectivity index (χ3v) is 4.45. The Morgan fingerprint density at radius 1 is 1.48 bits per heavy atom. The number of urea groups is 1. The van der Waals surface area contributed by atoms with Gasteiger partial charge in [0.05, 0.1) is 17.8 Å². The van der Waals surface area contributed by atoms with E-state index in [0.29, 0.717) is 24.7 Å². The lowest BCUT2D eigenvalue weighted by molar-refractivity contribution is -0.130. The highest BCUT2D eigenvalue weighted by molar-refractivity contribution is 7.13. The molecule has 3 heterocycles. The fraction of sp³-hybridized carbons (Fsp3) is 0.400. The quantitative estimate of drug-likeness (QED) is 0.712. The summed E-state index contributed by atoms with van der Waals surface area (Å²) >= 11 is 1.47. The molecule has 2 aromatic rings. The number of nitrogens with zero attached hydrogens (tertiary/aromatic N) is 3. The van der Waals surface area contributed by atoms with E-state index >= 15 is 0 Å². The van der Waals surface area contributed by atoms with Crippen LogP contribution < -0.4 is 10.6 Å². The van der Waals surface area contributed by atoms with Gasteiger partial charge in [-0.15, -0.1) is 11.3 Å². The lowest BCUT2D eigenvalue weighted by atomic mass is 10.2. The van der Waals surface area contributed by atoms with Crippen molar-refractivity contribution in [3.63, 3.8) is 0 Å². The zero-order valence-corrected chi connectivity index (χ0v) is 14.3. The van der Waals surface area contributed by atoms with Crippen LogP contribution in [-0.2, 0) is 16.1 Å². The van der Waals surface area contributed by atoms with Gasteiger partial charge in [0.2, 0.25) is 5.91 Å². The van der Waals surface area contributed by atoms with Crippen molar-refractivity contribution in [3.05, 3.63) is 23.3 Å². The van der Waals surface area contributed by atoms with Crippen LogP contribution in [0.2, 0.25) is 0 Å². The molecule has 0 bridgehead atoms. The maximum Gasteiger partial charge on any atom is 0.324 e. The Hall–Kier alpha value is -2.75. The Labute approximate surface area is 147 Å². The summed E-state index contributed by atoms with van der Waals surface area (Å²) in [5.74, 6) is -0.0140. The maximum atomic E-state index is 12.1. The summed E-state index contributed by atoms with van der Waals surface area (Å²) < 4.78 is 5.13. The summed E-state index contributed by atoms with van der Waals surface area (Å²) in [6, 6.07) is 2.45. The van der Waals surface area contributed by atoms with E-state index in [2.05, 4.69) is 20.8 Å². The minimum atomic E-state index is -0.828. The van der Waals surface area contributed by atoms with Gasteiger partial charge in [-0.1, -0.05) is 18.1 Å². The van der Waals surface area contributed by atoms with Crippen LogP contribution in [0.5, 0.6) is 0 Å². The highest BCUT2D eigenvalue weighted by Crippen LogP contribution is 2.22. The van der Waals surface area contributed by atoms with Crippen molar-refractivity contribution in [2.45, 2.75) is 32.4 Å². The van der Waals surface area contributed by atoms with Crippen LogP contribution in [0.25, 0.3) is 10.8 Å². The molecule has 132 valence electrons. The van der Waals surface area contributed by atoms with Crippen LogP contribution in [0.4, 0.5) is 4.79 Å². The standard InChI is InChI=1S/C15H17N5O4S/c1-2-5-20-14(22)9(17-15(20)23)7-12(21)16-8-11-18-13(24-19-11)10-4-3-6-25-10/h3-4,6,9H,2,5,7-8H2,1H3,(H,16,21)(H,17,23). The average Bonchev–Trinajstić information content (AvgIpc) is 3.31. The van der Waals surface area contributed by atoms with E-state index in [-0.39, 0.29) is 24.8 Å². The molecule has 0 aromatic carbocycles. The fourth-order valence-corrected chi connectivity index (χ4v) is 3.06. The number of aromatic nitrogens is 2. The third kappa shape index (κ3) is 3.85. The topological polar surface area (TPSA) is 117 Å². The van der Waals surface area contributed by atoms with Crippen molar-refractivity contribution in [3.8, 4) is 10.8 Å². The van der Waals surface area contributed by atoms with Gasteiger partial charge < -0.3 is 15.2 Å². The first-order chi connectivity index (χ1) is 12.1. The maximum absolute atomic E-state index is 12.1. The summed E-state index contributed by atoms with van der Waals surface area (Å²) in [6.07, 6.45) is 0.545. The van der Waals surface area contributed by atoms with E-state index in [9.17, 15) is 14.4 Å². The number of hydrogen-bond acceptors (Lipinski definition) is 7. The van der Waals surface area contributed by atoms with Gasteiger partial charge in [-0.2, -0.15) is 4.98 Å². The highest BCUT2D eigenvalue weighted by atomic mass is 32.1. The Morgan fingerprint density at radius 3 is 3.04 bits per heavy atom. The first kappa shape index (κ1) is 17.1. The number of carbonyl (C=O) groups is 3. The summed E-state index contributed by atoms with van der Waals surface area (Å²) in [7, 11) is 0. The van der Waals surface area contributed by atoms with Crippen LogP contribution in [-0.4, -0.2) is 45.5 Å². The van der Waals surface area contributed by atoms with Crippen molar-refractivity contribution in [1.82, 2.24) is 25.7 Å². The molecular formula is C15H17N5O4S. The Morgan fingerprint density at radius 2 is 2.32 bits per heavy atom.